The second-order valence-corrected chi connectivity index (χ2v) is 4.18. The van der Waals surface area contributed by atoms with E-state index in [1.165, 1.54) is 0 Å². The van der Waals surface area contributed by atoms with Gasteiger partial charge in [0.25, 0.3) is 0 Å². The van der Waals surface area contributed by atoms with Gasteiger partial charge in [-0.15, -0.1) is 0 Å². The average molecular weight is 278 g/mol. The summed E-state index contributed by atoms with van der Waals surface area (Å²) in [6, 6.07) is 8.58. The van der Waals surface area contributed by atoms with Crippen LogP contribution in [0.4, 0.5) is 0 Å². The Balaban J connectivity index is 2.04. The van der Waals surface area contributed by atoms with Crippen molar-refractivity contribution in [1.82, 2.24) is 0 Å². The van der Waals surface area contributed by atoms with Gasteiger partial charge in [0.2, 0.25) is 0 Å². The van der Waals surface area contributed by atoms with Gasteiger partial charge in [-0.25, -0.2) is 9.59 Å². The minimum absolute atomic E-state index is 0.253. The molecule has 0 bridgehead atoms. The Morgan fingerprint density at radius 1 is 1.10 bits per heavy atom. The molecule has 108 valence electrons. The van der Waals surface area contributed by atoms with E-state index in [-0.39, 0.29) is 6.61 Å². The molecule has 5 nitrogen and oxygen atoms in total. The molecule has 0 fully saturated rings. The van der Waals surface area contributed by atoms with Crippen LogP contribution < -0.4 is 0 Å². The first-order chi connectivity index (χ1) is 9.61. The minimum atomic E-state index is -0.528. The maximum atomic E-state index is 11.5. The van der Waals surface area contributed by atoms with E-state index < -0.39 is 11.9 Å². The van der Waals surface area contributed by atoms with E-state index in [0.29, 0.717) is 30.6 Å². The highest BCUT2D eigenvalue weighted by molar-refractivity contribution is 5.88. The molecule has 1 aromatic carbocycles. The summed E-state index contributed by atoms with van der Waals surface area (Å²) < 4.78 is 4.90. The van der Waals surface area contributed by atoms with Crippen LogP contribution in [0.2, 0.25) is 0 Å². The van der Waals surface area contributed by atoms with Crippen molar-refractivity contribution >= 4 is 11.9 Å². The normalized spacial score (nSPS) is 9.85. The Bertz CT molecular complexity index is 453. The monoisotopic (exact) mass is 278 g/mol. The lowest BCUT2D eigenvalue weighted by atomic mass is 10.2. The number of benzene rings is 1. The van der Waals surface area contributed by atoms with Gasteiger partial charge < -0.3 is 4.74 Å². The molecular formula is C15H18O5. The maximum absolute atomic E-state index is 11.5. The number of carbonyl (C=O) groups excluding carboxylic acids is 2. The number of esters is 1. The summed E-state index contributed by atoms with van der Waals surface area (Å²) in [5, 5.41) is 0. The number of ether oxygens (including phenoxy) is 1. The summed E-state index contributed by atoms with van der Waals surface area (Å²) in [6.45, 7) is 5.61. The quantitative estimate of drug-likeness (QED) is 0.240. The van der Waals surface area contributed by atoms with Gasteiger partial charge in [-0.3, -0.25) is 4.89 Å². The van der Waals surface area contributed by atoms with Crippen molar-refractivity contribution in [2.45, 2.75) is 19.8 Å². The van der Waals surface area contributed by atoms with Gasteiger partial charge in [-0.1, -0.05) is 24.8 Å². The molecule has 1 aromatic rings. The molecule has 0 aliphatic rings. The Hall–Kier alpha value is -2.14. The van der Waals surface area contributed by atoms with Crippen LogP contribution in [0.1, 0.15) is 30.1 Å². The first-order valence-corrected chi connectivity index (χ1v) is 6.32. The predicted molar refractivity (Wildman–Crippen MR) is 72.8 cm³/mol. The Labute approximate surface area is 118 Å². The predicted octanol–water partition coefficient (Wildman–Crippen LogP) is 2.67. The SMILES string of the molecule is C=C(C)C(=O)OCCCCOOC(=O)c1ccccc1. The van der Waals surface area contributed by atoms with E-state index in [0.717, 1.165) is 0 Å². The van der Waals surface area contributed by atoms with Crippen LogP contribution in [0, 0.1) is 0 Å². The molecule has 0 unspecified atom stereocenters. The second-order valence-electron chi connectivity index (χ2n) is 4.18. The second kappa shape index (κ2) is 8.87. The number of unbranched alkanes of at least 4 members (excludes halogenated alkanes) is 1. The minimum Gasteiger partial charge on any atom is -0.462 e. The number of hydrogen-bond donors (Lipinski definition) is 0. The van der Waals surface area contributed by atoms with Crippen LogP contribution in [0.25, 0.3) is 0 Å². The van der Waals surface area contributed by atoms with Crippen LogP contribution in [0.3, 0.4) is 0 Å². The molecule has 0 aliphatic heterocycles. The summed E-state index contributed by atoms with van der Waals surface area (Å²) in [4.78, 5) is 32.0. The Kier molecular flexibility index (Phi) is 7.06. The van der Waals surface area contributed by atoms with Crippen molar-refractivity contribution in [2.75, 3.05) is 13.2 Å². The zero-order valence-electron chi connectivity index (χ0n) is 11.5. The molecule has 0 saturated carbocycles. The fourth-order valence-corrected chi connectivity index (χ4v) is 1.27. The Morgan fingerprint density at radius 2 is 1.75 bits per heavy atom. The van der Waals surface area contributed by atoms with Gasteiger partial charge in [0.1, 0.15) is 0 Å². The summed E-state index contributed by atoms with van der Waals surface area (Å²) in [5.74, 6) is -0.930. The lowest BCUT2D eigenvalue weighted by Crippen LogP contribution is -2.09. The molecular weight excluding hydrogens is 260 g/mol. The number of rotatable bonds is 8. The summed E-state index contributed by atoms with van der Waals surface area (Å²) in [7, 11) is 0. The van der Waals surface area contributed by atoms with E-state index in [1.807, 2.05) is 6.07 Å². The lowest BCUT2D eigenvalue weighted by Gasteiger charge is -2.05. The smallest absolute Gasteiger partial charge is 0.373 e. The molecule has 0 radical (unpaired) electrons. The standard InChI is InChI=1S/C15H18O5/c1-12(2)14(16)18-10-6-7-11-19-20-15(17)13-8-4-3-5-9-13/h3-5,8-9H,1,6-7,10-11H2,2H3. The van der Waals surface area contributed by atoms with Gasteiger partial charge >= 0.3 is 11.9 Å². The van der Waals surface area contributed by atoms with Crippen LogP contribution in [0.15, 0.2) is 42.5 Å². The van der Waals surface area contributed by atoms with Crippen molar-refractivity contribution in [3.8, 4) is 0 Å². The number of hydrogen-bond acceptors (Lipinski definition) is 5. The largest absolute Gasteiger partial charge is 0.462 e. The average Bonchev–Trinajstić information content (AvgIpc) is 2.46. The topological polar surface area (TPSA) is 61.8 Å². The molecule has 0 amide bonds. The van der Waals surface area contributed by atoms with E-state index in [9.17, 15) is 9.59 Å². The molecule has 0 atom stereocenters. The van der Waals surface area contributed by atoms with E-state index >= 15 is 0 Å². The first-order valence-electron chi connectivity index (χ1n) is 6.32. The zero-order valence-corrected chi connectivity index (χ0v) is 11.5. The van der Waals surface area contributed by atoms with E-state index in [1.54, 1.807) is 31.2 Å². The van der Waals surface area contributed by atoms with Crippen molar-refractivity contribution < 1.29 is 24.1 Å². The number of carbonyl (C=O) groups is 2. The van der Waals surface area contributed by atoms with Gasteiger partial charge in [0.05, 0.1) is 18.8 Å². The molecule has 5 heteroatoms. The molecule has 0 N–H and O–H groups in total. The van der Waals surface area contributed by atoms with E-state index in [4.69, 9.17) is 9.62 Å². The Morgan fingerprint density at radius 3 is 2.40 bits per heavy atom. The van der Waals surface area contributed by atoms with Crippen LogP contribution in [0.5, 0.6) is 0 Å². The third-order valence-corrected chi connectivity index (χ3v) is 2.35. The molecule has 20 heavy (non-hydrogen) atoms. The van der Waals surface area contributed by atoms with E-state index in [2.05, 4.69) is 11.5 Å². The van der Waals surface area contributed by atoms with Crippen LogP contribution in [-0.4, -0.2) is 25.2 Å². The van der Waals surface area contributed by atoms with Gasteiger partial charge in [0, 0.05) is 5.57 Å². The highest BCUT2D eigenvalue weighted by Crippen LogP contribution is 2.02. The fraction of sp³-hybridized carbons (Fsp3) is 0.333. The van der Waals surface area contributed by atoms with Crippen LogP contribution >= 0.6 is 0 Å². The fourth-order valence-electron chi connectivity index (χ4n) is 1.27. The van der Waals surface area contributed by atoms with Gasteiger partial charge in [0.15, 0.2) is 0 Å². The van der Waals surface area contributed by atoms with Crippen molar-refractivity contribution in [1.29, 1.82) is 0 Å². The molecule has 0 heterocycles. The van der Waals surface area contributed by atoms with Gasteiger partial charge in [-0.05, 0) is 31.9 Å². The van der Waals surface area contributed by atoms with Gasteiger partial charge in [-0.2, -0.15) is 4.89 Å². The zero-order chi connectivity index (χ0) is 14.8. The summed E-state index contributed by atoms with van der Waals surface area (Å²) in [5.41, 5.74) is 0.806. The highest BCUT2D eigenvalue weighted by Gasteiger charge is 2.07. The molecule has 1 rings (SSSR count). The summed E-state index contributed by atoms with van der Waals surface area (Å²) in [6.07, 6.45) is 1.24. The molecule has 0 spiro atoms. The lowest BCUT2D eigenvalue weighted by molar-refractivity contribution is -0.241. The summed E-state index contributed by atoms with van der Waals surface area (Å²) >= 11 is 0. The van der Waals surface area contributed by atoms with Crippen molar-refractivity contribution in [2.24, 2.45) is 0 Å². The van der Waals surface area contributed by atoms with Crippen LogP contribution in [-0.2, 0) is 19.3 Å². The molecule has 0 saturated heterocycles. The third kappa shape index (κ3) is 6.15. The first kappa shape index (κ1) is 15.9. The highest BCUT2D eigenvalue weighted by atomic mass is 17.2. The molecule has 0 aromatic heterocycles. The third-order valence-electron chi connectivity index (χ3n) is 2.35. The maximum Gasteiger partial charge on any atom is 0.373 e. The molecule has 0 aliphatic carbocycles. The van der Waals surface area contributed by atoms with Crippen molar-refractivity contribution in [3.05, 3.63) is 48.0 Å². The van der Waals surface area contributed by atoms with Crippen molar-refractivity contribution in [3.63, 3.8) is 0 Å².